The van der Waals surface area contributed by atoms with Crippen LogP contribution in [0.15, 0.2) is 64.2 Å². The van der Waals surface area contributed by atoms with E-state index in [1.807, 2.05) is 25.1 Å². The Morgan fingerprint density at radius 3 is 2.47 bits per heavy atom. The quantitative estimate of drug-likeness (QED) is 0.603. The molecular weight excluding hydrogens is 424 g/mol. The number of carbonyl (C=O) groups excluding carboxylic acids is 1. The summed E-state index contributed by atoms with van der Waals surface area (Å²) in [5.41, 5.74) is 1.71. The maximum absolute atomic E-state index is 12.6. The average molecular weight is 445 g/mol. The molecule has 0 bridgehead atoms. The van der Waals surface area contributed by atoms with Gasteiger partial charge >= 0.3 is 0 Å². The predicted octanol–water partition coefficient (Wildman–Crippen LogP) is 3.81. The van der Waals surface area contributed by atoms with Crippen molar-refractivity contribution in [3.05, 3.63) is 71.1 Å². The van der Waals surface area contributed by atoms with Gasteiger partial charge in [-0.2, -0.15) is 0 Å². The topological polar surface area (TPSA) is 93.7 Å². The van der Waals surface area contributed by atoms with Crippen LogP contribution in [0.25, 0.3) is 0 Å². The largest absolute Gasteiger partial charge is 0.486 e. The lowest BCUT2D eigenvalue weighted by Gasteiger charge is -2.21. The van der Waals surface area contributed by atoms with Gasteiger partial charge in [0.25, 0.3) is 15.9 Å². The molecule has 1 unspecified atom stereocenters. The molecule has 2 aromatic carbocycles. The zero-order valence-corrected chi connectivity index (χ0v) is 17.8. The van der Waals surface area contributed by atoms with Gasteiger partial charge in [0.05, 0.1) is 6.04 Å². The van der Waals surface area contributed by atoms with Crippen LogP contribution in [0, 0.1) is 0 Å². The summed E-state index contributed by atoms with van der Waals surface area (Å²) in [5, 5.41) is 4.64. The first-order chi connectivity index (χ1) is 14.4. The van der Waals surface area contributed by atoms with E-state index in [0.717, 1.165) is 16.9 Å². The molecule has 1 aliphatic heterocycles. The number of rotatable bonds is 6. The summed E-state index contributed by atoms with van der Waals surface area (Å²) in [6.45, 7) is 2.91. The maximum atomic E-state index is 12.6. The molecule has 0 saturated carbocycles. The molecule has 30 heavy (non-hydrogen) atoms. The third kappa shape index (κ3) is 4.42. The van der Waals surface area contributed by atoms with Crippen molar-refractivity contribution in [1.29, 1.82) is 0 Å². The van der Waals surface area contributed by atoms with Crippen molar-refractivity contribution in [3.63, 3.8) is 0 Å². The molecule has 2 heterocycles. The predicted molar refractivity (Wildman–Crippen MR) is 115 cm³/mol. The second-order valence-corrected chi connectivity index (χ2v) is 9.57. The highest BCUT2D eigenvalue weighted by atomic mass is 32.2. The smallest absolute Gasteiger partial charge is 0.271 e. The van der Waals surface area contributed by atoms with Gasteiger partial charge in [0, 0.05) is 11.3 Å². The molecule has 0 saturated heterocycles. The van der Waals surface area contributed by atoms with Crippen molar-refractivity contribution in [2.75, 3.05) is 17.9 Å². The third-order valence-electron chi connectivity index (χ3n) is 4.57. The number of hydrogen-bond acceptors (Lipinski definition) is 6. The summed E-state index contributed by atoms with van der Waals surface area (Å²) in [6, 6.07) is 14.8. The van der Waals surface area contributed by atoms with Crippen LogP contribution in [0.3, 0.4) is 0 Å². The Kier molecular flexibility index (Phi) is 5.65. The highest BCUT2D eigenvalue weighted by molar-refractivity contribution is 7.94. The number of sulfonamides is 1. The number of fused-ring (bicyclic) bond motifs is 1. The highest BCUT2D eigenvalue weighted by Gasteiger charge is 2.18. The van der Waals surface area contributed by atoms with Crippen LogP contribution >= 0.6 is 11.3 Å². The summed E-state index contributed by atoms with van der Waals surface area (Å²) >= 11 is 1.14. The second-order valence-electron chi connectivity index (χ2n) is 6.71. The van der Waals surface area contributed by atoms with E-state index in [2.05, 4.69) is 10.0 Å². The number of hydrogen-bond donors (Lipinski definition) is 2. The number of benzene rings is 2. The molecule has 2 N–H and O–H groups in total. The number of anilines is 1. The van der Waals surface area contributed by atoms with E-state index in [1.165, 1.54) is 6.07 Å². The Balaban J connectivity index is 1.41. The van der Waals surface area contributed by atoms with E-state index < -0.39 is 10.0 Å². The van der Waals surface area contributed by atoms with Crippen LogP contribution in [0.1, 0.15) is 28.9 Å². The van der Waals surface area contributed by atoms with E-state index in [9.17, 15) is 13.2 Å². The van der Waals surface area contributed by atoms with Gasteiger partial charge in [-0.15, -0.1) is 11.3 Å². The molecule has 7 nitrogen and oxygen atoms in total. The van der Waals surface area contributed by atoms with E-state index in [4.69, 9.17) is 9.47 Å². The fourth-order valence-electron chi connectivity index (χ4n) is 3.00. The first kappa shape index (κ1) is 20.2. The molecule has 1 aromatic heterocycles. The molecule has 1 atom stereocenters. The van der Waals surface area contributed by atoms with Crippen LogP contribution in [0.4, 0.5) is 5.69 Å². The fourth-order valence-corrected chi connectivity index (χ4v) is 5.06. The fraction of sp³-hybridized carbons (Fsp3) is 0.190. The average Bonchev–Trinajstić information content (AvgIpc) is 3.29. The van der Waals surface area contributed by atoms with E-state index in [1.54, 1.807) is 35.7 Å². The lowest BCUT2D eigenvalue weighted by Crippen LogP contribution is -2.26. The van der Waals surface area contributed by atoms with Crippen LogP contribution < -0.4 is 19.5 Å². The van der Waals surface area contributed by atoms with Gasteiger partial charge in [-0.25, -0.2) is 8.42 Å². The molecule has 0 radical (unpaired) electrons. The minimum atomic E-state index is -3.62. The van der Waals surface area contributed by atoms with Gasteiger partial charge < -0.3 is 14.8 Å². The summed E-state index contributed by atoms with van der Waals surface area (Å²) < 4.78 is 38.4. The molecule has 1 amide bonds. The minimum Gasteiger partial charge on any atom is -0.486 e. The number of nitrogens with one attached hydrogen (secondary N) is 2. The van der Waals surface area contributed by atoms with E-state index >= 15 is 0 Å². The number of ether oxygens (including phenoxy) is 2. The molecule has 156 valence electrons. The third-order valence-corrected chi connectivity index (χ3v) is 7.35. The van der Waals surface area contributed by atoms with Gasteiger partial charge in [0.2, 0.25) is 0 Å². The minimum absolute atomic E-state index is 0.234. The molecule has 0 fully saturated rings. The van der Waals surface area contributed by atoms with Crippen molar-refractivity contribution >= 4 is 33.0 Å². The SMILES string of the molecule is CC(NC(=O)c1ccc(NS(=O)(=O)c2cccs2)cc1)c1ccc2c(c1)OCCO2. The Bertz CT molecular complexity index is 1140. The summed E-state index contributed by atoms with van der Waals surface area (Å²) in [4.78, 5) is 12.6. The normalized spacial score (nSPS) is 14.0. The molecule has 4 rings (SSSR count). The Morgan fingerprint density at radius 1 is 1.03 bits per heavy atom. The second kappa shape index (κ2) is 8.37. The number of thiophene rings is 1. The van der Waals surface area contributed by atoms with Gasteiger partial charge in [-0.1, -0.05) is 12.1 Å². The van der Waals surface area contributed by atoms with Gasteiger partial charge in [-0.05, 0) is 60.3 Å². The molecule has 1 aliphatic rings. The Hall–Kier alpha value is -3.04. The van der Waals surface area contributed by atoms with E-state index in [0.29, 0.717) is 36.0 Å². The summed E-state index contributed by atoms with van der Waals surface area (Å²) in [7, 11) is -3.62. The first-order valence-electron chi connectivity index (χ1n) is 9.29. The van der Waals surface area contributed by atoms with Crippen molar-refractivity contribution in [2.45, 2.75) is 17.2 Å². The lowest BCUT2D eigenvalue weighted by atomic mass is 10.1. The van der Waals surface area contributed by atoms with Crippen LogP contribution in [0.5, 0.6) is 11.5 Å². The molecule has 9 heteroatoms. The molecule has 3 aromatic rings. The molecular formula is C21H20N2O5S2. The van der Waals surface area contributed by atoms with Crippen LogP contribution in [-0.4, -0.2) is 27.5 Å². The molecule has 0 spiro atoms. The zero-order valence-electron chi connectivity index (χ0n) is 16.1. The van der Waals surface area contributed by atoms with Gasteiger partial charge in [0.15, 0.2) is 11.5 Å². The Morgan fingerprint density at radius 2 is 1.77 bits per heavy atom. The summed E-state index contributed by atoms with van der Waals surface area (Å²) in [6.07, 6.45) is 0. The van der Waals surface area contributed by atoms with E-state index in [-0.39, 0.29) is 16.2 Å². The maximum Gasteiger partial charge on any atom is 0.271 e. The Labute approximate surface area is 178 Å². The number of amides is 1. The first-order valence-corrected chi connectivity index (χ1v) is 11.7. The van der Waals surface area contributed by atoms with Crippen molar-refractivity contribution in [3.8, 4) is 11.5 Å². The number of carbonyl (C=O) groups is 1. The lowest BCUT2D eigenvalue weighted by molar-refractivity contribution is 0.0939. The highest BCUT2D eigenvalue weighted by Crippen LogP contribution is 2.32. The van der Waals surface area contributed by atoms with Crippen molar-refractivity contribution in [1.82, 2.24) is 5.32 Å². The monoisotopic (exact) mass is 444 g/mol. The standard InChI is InChI=1S/C21H20N2O5S2/c1-14(16-6-9-18-19(13-16)28-11-10-27-18)22-21(24)15-4-7-17(8-5-15)23-30(25,26)20-3-2-12-29-20/h2-9,12-14,23H,10-11H2,1H3,(H,22,24). The van der Waals surface area contributed by atoms with Crippen LogP contribution in [0.2, 0.25) is 0 Å². The van der Waals surface area contributed by atoms with Gasteiger partial charge in [-0.3, -0.25) is 9.52 Å². The molecule has 0 aliphatic carbocycles. The summed E-state index contributed by atoms with van der Waals surface area (Å²) in [5.74, 6) is 1.11. The van der Waals surface area contributed by atoms with Gasteiger partial charge in [0.1, 0.15) is 17.4 Å². The zero-order chi connectivity index (χ0) is 21.1. The van der Waals surface area contributed by atoms with Crippen molar-refractivity contribution < 1.29 is 22.7 Å². The van der Waals surface area contributed by atoms with Crippen molar-refractivity contribution in [2.24, 2.45) is 0 Å². The van der Waals surface area contributed by atoms with Crippen LogP contribution in [-0.2, 0) is 10.0 Å².